The van der Waals surface area contributed by atoms with E-state index in [-0.39, 0.29) is 5.97 Å². The maximum Gasteiger partial charge on any atom is 0.305 e. The van der Waals surface area contributed by atoms with Crippen LogP contribution in [-0.2, 0) is 9.53 Å². The lowest BCUT2D eigenvalue weighted by Crippen LogP contribution is -2.26. The fourth-order valence-electron chi connectivity index (χ4n) is 1.09. The van der Waals surface area contributed by atoms with Crippen LogP contribution in [0.1, 0.15) is 46.0 Å². The van der Waals surface area contributed by atoms with Gasteiger partial charge < -0.3 is 10.1 Å². The van der Waals surface area contributed by atoms with Crippen LogP contribution in [-0.4, -0.2) is 25.2 Å². The Balaban J connectivity index is 3.23. The van der Waals surface area contributed by atoms with Crippen molar-refractivity contribution in [3.05, 3.63) is 6.92 Å². The first kappa shape index (κ1) is 14.4. The van der Waals surface area contributed by atoms with Crippen LogP contribution < -0.4 is 5.32 Å². The quantitative estimate of drug-likeness (QED) is 0.473. The number of rotatable bonds is 9. The molecule has 0 saturated carbocycles. The highest BCUT2D eigenvalue weighted by atomic mass is 16.5. The van der Waals surface area contributed by atoms with Gasteiger partial charge in [-0.15, -0.1) is 0 Å². The zero-order valence-corrected chi connectivity index (χ0v) is 10.1. The summed E-state index contributed by atoms with van der Waals surface area (Å²) in [7, 11) is 0. The number of carbonyl (C=O) groups is 1. The molecule has 3 nitrogen and oxygen atoms in total. The Morgan fingerprint density at radius 3 is 2.73 bits per heavy atom. The SMILES string of the molecule is [CH2]C(CC)NCCCC(=O)OCCCC. The van der Waals surface area contributed by atoms with Crippen LogP contribution in [0.25, 0.3) is 0 Å². The van der Waals surface area contributed by atoms with E-state index in [1.54, 1.807) is 0 Å². The van der Waals surface area contributed by atoms with Crippen molar-refractivity contribution in [2.45, 2.75) is 52.0 Å². The van der Waals surface area contributed by atoms with Gasteiger partial charge in [-0.2, -0.15) is 0 Å². The molecule has 0 fully saturated rings. The fraction of sp³-hybridized carbons (Fsp3) is 0.833. The number of nitrogens with one attached hydrogen (secondary N) is 1. The molecule has 15 heavy (non-hydrogen) atoms. The normalized spacial score (nSPS) is 12.5. The van der Waals surface area contributed by atoms with E-state index in [9.17, 15) is 4.79 Å². The third-order valence-corrected chi connectivity index (χ3v) is 2.24. The van der Waals surface area contributed by atoms with Crippen LogP contribution in [0.2, 0.25) is 0 Å². The van der Waals surface area contributed by atoms with Crippen molar-refractivity contribution in [3.63, 3.8) is 0 Å². The fourth-order valence-corrected chi connectivity index (χ4v) is 1.09. The first-order valence-electron chi connectivity index (χ1n) is 5.92. The second-order valence-corrected chi connectivity index (χ2v) is 3.74. The Morgan fingerprint density at radius 2 is 2.13 bits per heavy atom. The third kappa shape index (κ3) is 9.73. The number of unbranched alkanes of at least 4 members (excludes halogenated alkanes) is 1. The maximum absolute atomic E-state index is 11.2. The molecule has 1 radical (unpaired) electrons. The number of esters is 1. The minimum atomic E-state index is -0.0811. The second kappa shape index (κ2) is 9.97. The summed E-state index contributed by atoms with van der Waals surface area (Å²) < 4.78 is 5.03. The van der Waals surface area contributed by atoms with Gasteiger partial charge in [0.2, 0.25) is 0 Å². The summed E-state index contributed by atoms with van der Waals surface area (Å²) in [6.07, 6.45) is 4.38. The summed E-state index contributed by atoms with van der Waals surface area (Å²) in [6, 6.07) is 0.293. The van der Waals surface area contributed by atoms with Gasteiger partial charge in [-0.05, 0) is 32.7 Å². The lowest BCUT2D eigenvalue weighted by atomic mass is 10.2. The molecule has 1 N–H and O–H groups in total. The van der Waals surface area contributed by atoms with Crippen molar-refractivity contribution in [1.82, 2.24) is 5.32 Å². The van der Waals surface area contributed by atoms with E-state index in [0.29, 0.717) is 19.1 Å². The molecule has 0 aromatic carbocycles. The van der Waals surface area contributed by atoms with E-state index >= 15 is 0 Å². The van der Waals surface area contributed by atoms with E-state index in [2.05, 4.69) is 26.1 Å². The molecule has 0 spiro atoms. The summed E-state index contributed by atoms with van der Waals surface area (Å²) in [4.78, 5) is 11.2. The van der Waals surface area contributed by atoms with Gasteiger partial charge >= 0.3 is 5.97 Å². The van der Waals surface area contributed by atoms with E-state index in [1.165, 1.54) is 0 Å². The summed E-state index contributed by atoms with van der Waals surface area (Å²) in [5.74, 6) is -0.0811. The molecule has 0 bridgehead atoms. The highest BCUT2D eigenvalue weighted by Crippen LogP contribution is 1.96. The van der Waals surface area contributed by atoms with Gasteiger partial charge in [-0.3, -0.25) is 4.79 Å². The van der Waals surface area contributed by atoms with Crippen LogP contribution >= 0.6 is 0 Å². The highest BCUT2D eigenvalue weighted by molar-refractivity contribution is 5.69. The minimum absolute atomic E-state index is 0.0811. The van der Waals surface area contributed by atoms with Gasteiger partial charge in [-0.25, -0.2) is 0 Å². The van der Waals surface area contributed by atoms with Gasteiger partial charge in [0.15, 0.2) is 0 Å². The zero-order chi connectivity index (χ0) is 11.5. The Morgan fingerprint density at radius 1 is 1.40 bits per heavy atom. The molecule has 1 unspecified atom stereocenters. The predicted octanol–water partition coefficient (Wildman–Crippen LogP) is 2.31. The van der Waals surface area contributed by atoms with E-state index < -0.39 is 0 Å². The van der Waals surface area contributed by atoms with Crippen molar-refractivity contribution in [2.75, 3.05) is 13.2 Å². The first-order valence-corrected chi connectivity index (χ1v) is 5.92. The van der Waals surface area contributed by atoms with Crippen LogP contribution in [0, 0.1) is 6.92 Å². The minimum Gasteiger partial charge on any atom is -0.466 e. The molecule has 0 rings (SSSR count). The smallest absolute Gasteiger partial charge is 0.305 e. The molecule has 1 atom stereocenters. The average Bonchev–Trinajstić information content (AvgIpc) is 2.24. The third-order valence-electron chi connectivity index (χ3n) is 2.24. The van der Waals surface area contributed by atoms with Crippen LogP contribution in [0.5, 0.6) is 0 Å². The summed E-state index contributed by atoms with van der Waals surface area (Å²) in [6.45, 7) is 9.48. The van der Waals surface area contributed by atoms with Gasteiger partial charge in [0, 0.05) is 12.5 Å². The second-order valence-electron chi connectivity index (χ2n) is 3.74. The molecule has 0 amide bonds. The van der Waals surface area contributed by atoms with Crippen LogP contribution in [0.15, 0.2) is 0 Å². The van der Waals surface area contributed by atoms with Crippen LogP contribution in [0.4, 0.5) is 0 Å². The maximum atomic E-state index is 11.2. The van der Waals surface area contributed by atoms with Gasteiger partial charge in [-0.1, -0.05) is 20.3 Å². The molecular weight excluding hydrogens is 190 g/mol. The van der Waals surface area contributed by atoms with Gasteiger partial charge in [0.1, 0.15) is 0 Å². The number of hydrogen-bond acceptors (Lipinski definition) is 3. The molecule has 3 heteroatoms. The lowest BCUT2D eigenvalue weighted by Gasteiger charge is -2.10. The van der Waals surface area contributed by atoms with Gasteiger partial charge in [0.25, 0.3) is 0 Å². The van der Waals surface area contributed by atoms with Crippen molar-refractivity contribution in [3.8, 4) is 0 Å². The Labute approximate surface area is 93.6 Å². The summed E-state index contributed by atoms with van der Waals surface area (Å²) >= 11 is 0. The lowest BCUT2D eigenvalue weighted by molar-refractivity contribution is -0.143. The Kier molecular flexibility index (Phi) is 9.59. The highest BCUT2D eigenvalue weighted by Gasteiger charge is 2.02. The standard InChI is InChI=1S/C12H24NO2/c1-4-6-10-15-12(14)8-7-9-13-11(3)5-2/h11,13H,3-10H2,1-2H3. The van der Waals surface area contributed by atoms with E-state index in [0.717, 1.165) is 32.2 Å². The molecule has 0 saturated heterocycles. The van der Waals surface area contributed by atoms with Crippen molar-refractivity contribution in [1.29, 1.82) is 0 Å². The molecular formula is C12H24NO2. The molecule has 89 valence electrons. The molecule has 0 aromatic rings. The summed E-state index contributed by atoms with van der Waals surface area (Å²) in [5.41, 5.74) is 0. The predicted molar refractivity (Wildman–Crippen MR) is 62.5 cm³/mol. The topological polar surface area (TPSA) is 38.3 Å². The molecule has 0 heterocycles. The summed E-state index contributed by atoms with van der Waals surface area (Å²) in [5, 5.41) is 3.24. The molecule has 0 aliphatic carbocycles. The average molecular weight is 214 g/mol. The number of carbonyl (C=O) groups excluding carboxylic acids is 1. The Hall–Kier alpha value is -0.570. The van der Waals surface area contributed by atoms with E-state index in [4.69, 9.17) is 4.74 Å². The zero-order valence-electron chi connectivity index (χ0n) is 10.1. The van der Waals surface area contributed by atoms with Gasteiger partial charge in [0.05, 0.1) is 6.61 Å². The van der Waals surface area contributed by atoms with Crippen molar-refractivity contribution >= 4 is 5.97 Å². The molecule has 0 aliphatic rings. The number of hydrogen-bond donors (Lipinski definition) is 1. The van der Waals surface area contributed by atoms with E-state index in [1.807, 2.05) is 0 Å². The largest absolute Gasteiger partial charge is 0.466 e. The first-order chi connectivity index (χ1) is 7.20. The van der Waals surface area contributed by atoms with Crippen molar-refractivity contribution < 1.29 is 9.53 Å². The molecule has 0 aromatic heterocycles. The number of ether oxygens (including phenoxy) is 1. The monoisotopic (exact) mass is 214 g/mol. The van der Waals surface area contributed by atoms with Crippen LogP contribution in [0.3, 0.4) is 0 Å². The Bertz CT molecular complexity index is 160. The van der Waals surface area contributed by atoms with Crippen molar-refractivity contribution in [2.24, 2.45) is 0 Å². The molecule has 0 aliphatic heterocycles.